The lowest BCUT2D eigenvalue weighted by molar-refractivity contribution is -0.146. The molecule has 1 aliphatic carbocycles. The SMILES string of the molecule is CC(C)(C)ONCC1(O)CCC(C(=O)O)CC1. The molecule has 1 rings (SSSR count). The van der Waals surface area contributed by atoms with E-state index in [0.717, 1.165) is 0 Å². The number of aliphatic carboxylic acids is 1. The summed E-state index contributed by atoms with van der Waals surface area (Å²) in [5.41, 5.74) is 1.65. The predicted molar refractivity (Wildman–Crippen MR) is 63.4 cm³/mol. The second-order valence-electron chi connectivity index (χ2n) is 5.87. The molecule has 3 N–H and O–H groups in total. The molecule has 0 spiro atoms. The van der Waals surface area contributed by atoms with Crippen molar-refractivity contribution in [2.75, 3.05) is 6.54 Å². The van der Waals surface area contributed by atoms with Gasteiger partial charge in [-0.15, -0.1) is 0 Å². The molecular weight excluding hydrogens is 222 g/mol. The Morgan fingerprint density at radius 3 is 2.35 bits per heavy atom. The molecule has 1 fully saturated rings. The van der Waals surface area contributed by atoms with Crippen molar-refractivity contribution in [3.8, 4) is 0 Å². The maximum Gasteiger partial charge on any atom is 0.306 e. The lowest BCUT2D eigenvalue weighted by Gasteiger charge is -2.35. The van der Waals surface area contributed by atoms with Gasteiger partial charge in [0.15, 0.2) is 0 Å². The number of nitrogens with one attached hydrogen (secondary N) is 1. The van der Waals surface area contributed by atoms with Crippen LogP contribution in [0.1, 0.15) is 46.5 Å². The van der Waals surface area contributed by atoms with Crippen LogP contribution in [0.15, 0.2) is 0 Å². The summed E-state index contributed by atoms with van der Waals surface area (Å²) in [6, 6.07) is 0. The lowest BCUT2D eigenvalue weighted by atomic mass is 9.79. The zero-order valence-corrected chi connectivity index (χ0v) is 10.8. The topological polar surface area (TPSA) is 78.8 Å². The molecule has 17 heavy (non-hydrogen) atoms. The van der Waals surface area contributed by atoms with Crippen molar-refractivity contribution in [1.82, 2.24) is 5.48 Å². The number of hydrogen-bond donors (Lipinski definition) is 3. The number of aliphatic hydroxyl groups is 1. The zero-order chi connectivity index (χ0) is 13.1. The smallest absolute Gasteiger partial charge is 0.306 e. The van der Waals surface area contributed by atoms with Crippen LogP contribution in [-0.2, 0) is 9.63 Å². The molecule has 100 valence electrons. The third-order valence-electron chi connectivity index (χ3n) is 3.05. The number of carboxylic acid groups (broad SMARTS) is 1. The summed E-state index contributed by atoms with van der Waals surface area (Å²) in [6.45, 7) is 6.11. The fourth-order valence-electron chi connectivity index (χ4n) is 1.97. The number of hydroxylamine groups is 1. The van der Waals surface area contributed by atoms with E-state index in [0.29, 0.717) is 32.2 Å². The molecule has 5 nitrogen and oxygen atoms in total. The van der Waals surface area contributed by atoms with Gasteiger partial charge in [-0.2, -0.15) is 5.48 Å². The van der Waals surface area contributed by atoms with Crippen molar-refractivity contribution >= 4 is 5.97 Å². The largest absolute Gasteiger partial charge is 0.481 e. The molecule has 1 saturated carbocycles. The monoisotopic (exact) mass is 245 g/mol. The molecule has 0 aromatic carbocycles. The minimum Gasteiger partial charge on any atom is -0.481 e. The van der Waals surface area contributed by atoms with Crippen LogP contribution in [0.25, 0.3) is 0 Å². The van der Waals surface area contributed by atoms with Gasteiger partial charge in [0.05, 0.1) is 17.1 Å². The molecule has 0 bridgehead atoms. The Kier molecular flexibility index (Phi) is 4.52. The molecule has 0 aromatic heterocycles. The summed E-state index contributed by atoms with van der Waals surface area (Å²) in [5, 5.41) is 19.1. The standard InChI is InChI=1S/C12H23NO4/c1-11(2,3)17-13-8-12(16)6-4-9(5-7-12)10(14)15/h9,13,16H,4-8H2,1-3H3,(H,14,15). The van der Waals surface area contributed by atoms with Crippen molar-refractivity contribution in [3.05, 3.63) is 0 Å². The second kappa shape index (κ2) is 5.33. The van der Waals surface area contributed by atoms with E-state index in [9.17, 15) is 9.90 Å². The summed E-state index contributed by atoms with van der Waals surface area (Å²) in [6.07, 6.45) is 2.07. The van der Waals surface area contributed by atoms with Crippen molar-refractivity contribution < 1.29 is 19.8 Å². The molecule has 1 aliphatic rings. The fraction of sp³-hybridized carbons (Fsp3) is 0.917. The van der Waals surface area contributed by atoms with Crippen molar-refractivity contribution in [2.24, 2.45) is 5.92 Å². The molecule has 0 aliphatic heterocycles. The lowest BCUT2D eigenvalue weighted by Crippen LogP contribution is -2.46. The third kappa shape index (κ3) is 5.02. The van der Waals surface area contributed by atoms with E-state index >= 15 is 0 Å². The molecule has 0 unspecified atom stereocenters. The number of carboxylic acids is 1. The molecule has 5 heteroatoms. The van der Waals surface area contributed by atoms with Crippen LogP contribution in [0.3, 0.4) is 0 Å². The predicted octanol–water partition coefficient (Wildman–Crippen LogP) is 1.31. The summed E-state index contributed by atoms with van der Waals surface area (Å²) >= 11 is 0. The minimum absolute atomic E-state index is 0.297. The number of rotatable bonds is 4. The first kappa shape index (κ1) is 14.4. The van der Waals surface area contributed by atoms with Crippen LogP contribution in [0, 0.1) is 5.92 Å². The molecule has 0 radical (unpaired) electrons. The molecule has 0 amide bonds. The van der Waals surface area contributed by atoms with Gasteiger partial charge in [0, 0.05) is 6.54 Å². The van der Waals surface area contributed by atoms with Crippen molar-refractivity contribution in [1.29, 1.82) is 0 Å². The fourth-order valence-corrected chi connectivity index (χ4v) is 1.97. The Balaban J connectivity index is 2.32. The van der Waals surface area contributed by atoms with E-state index in [1.807, 2.05) is 20.8 Å². The van der Waals surface area contributed by atoms with Gasteiger partial charge in [0.1, 0.15) is 0 Å². The first-order valence-electron chi connectivity index (χ1n) is 6.08. The average molecular weight is 245 g/mol. The van der Waals surface area contributed by atoms with Crippen LogP contribution in [-0.4, -0.2) is 33.9 Å². The summed E-state index contributed by atoms with van der Waals surface area (Å²) in [5.74, 6) is -1.07. The van der Waals surface area contributed by atoms with E-state index in [2.05, 4.69) is 5.48 Å². The molecule has 0 aromatic rings. The molecule has 0 atom stereocenters. The zero-order valence-electron chi connectivity index (χ0n) is 10.8. The van der Waals surface area contributed by atoms with Gasteiger partial charge in [0.25, 0.3) is 0 Å². The highest BCUT2D eigenvalue weighted by Gasteiger charge is 2.35. The van der Waals surface area contributed by atoms with Gasteiger partial charge in [-0.05, 0) is 46.5 Å². The van der Waals surface area contributed by atoms with E-state index in [1.165, 1.54) is 0 Å². The minimum atomic E-state index is -0.836. The Hall–Kier alpha value is -0.650. The van der Waals surface area contributed by atoms with Crippen LogP contribution >= 0.6 is 0 Å². The van der Waals surface area contributed by atoms with E-state index in [1.54, 1.807) is 0 Å². The Morgan fingerprint density at radius 1 is 1.41 bits per heavy atom. The van der Waals surface area contributed by atoms with Gasteiger partial charge in [0.2, 0.25) is 0 Å². The van der Waals surface area contributed by atoms with Gasteiger partial charge in [-0.1, -0.05) is 0 Å². The highest BCUT2D eigenvalue weighted by molar-refractivity contribution is 5.70. The first-order chi connectivity index (χ1) is 7.72. The normalized spacial score (nSPS) is 30.2. The summed E-state index contributed by atoms with van der Waals surface area (Å²) in [7, 11) is 0. The quantitative estimate of drug-likeness (QED) is 0.651. The number of hydrogen-bond acceptors (Lipinski definition) is 4. The summed E-state index contributed by atoms with van der Waals surface area (Å²) in [4.78, 5) is 16.1. The Labute approximate surface area is 102 Å². The van der Waals surface area contributed by atoms with Crippen LogP contribution < -0.4 is 5.48 Å². The van der Waals surface area contributed by atoms with Gasteiger partial charge < -0.3 is 10.2 Å². The summed E-state index contributed by atoms with van der Waals surface area (Å²) < 4.78 is 0. The van der Waals surface area contributed by atoms with Crippen LogP contribution in [0.5, 0.6) is 0 Å². The molecule has 0 heterocycles. The van der Waals surface area contributed by atoms with Gasteiger partial charge in [-0.3, -0.25) is 9.63 Å². The van der Waals surface area contributed by atoms with E-state index < -0.39 is 11.6 Å². The third-order valence-corrected chi connectivity index (χ3v) is 3.05. The Bertz CT molecular complexity index is 264. The number of carbonyl (C=O) groups is 1. The first-order valence-corrected chi connectivity index (χ1v) is 6.08. The van der Waals surface area contributed by atoms with Crippen LogP contribution in [0.2, 0.25) is 0 Å². The van der Waals surface area contributed by atoms with Gasteiger partial charge in [-0.25, -0.2) is 0 Å². The van der Waals surface area contributed by atoms with Crippen molar-refractivity contribution in [3.63, 3.8) is 0 Å². The highest BCUT2D eigenvalue weighted by Crippen LogP contribution is 2.31. The second-order valence-corrected chi connectivity index (χ2v) is 5.87. The average Bonchev–Trinajstić information content (AvgIpc) is 2.15. The van der Waals surface area contributed by atoms with E-state index in [-0.39, 0.29) is 11.5 Å². The van der Waals surface area contributed by atoms with Gasteiger partial charge >= 0.3 is 5.97 Å². The maximum absolute atomic E-state index is 10.8. The molecule has 0 saturated heterocycles. The van der Waals surface area contributed by atoms with Crippen LogP contribution in [0.4, 0.5) is 0 Å². The van der Waals surface area contributed by atoms with E-state index in [4.69, 9.17) is 9.94 Å². The highest BCUT2D eigenvalue weighted by atomic mass is 16.7. The molecular formula is C12H23NO4. The maximum atomic E-state index is 10.8. The Morgan fingerprint density at radius 2 is 1.94 bits per heavy atom. The van der Waals surface area contributed by atoms with Crippen molar-refractivity contribution in [2.45, 2.75) is 57.7 Å².